The van der Waals surface area contributed by atoms with E-state index in [2.05, 4.69) is 39.9 Å². The Labute approximate surface area is 232 Å². The number of carbonyl (C=O) groups excluding carboxylic acids is 2. The summed E-state index contributed by atoms with van der Waals surface area (Å²) < 4.78 is 18.1. The highest BCUT2D eigenvalue weighted by atomic mass is 79.9. The molecule has 0 radical (unpaired) electrons. The lowest BCUT2D eigenvalue weighted by atomic mass is 9.71. The van der Waals surface area contributed by atoms with Gasteiger partial charge in [-0.15, -0.1) is 0 Å². The molecule has 200 valence electrons. The quantitative estimate of drug-likeness (QED) is 0.360. The minimum Gasteiger partial charge on any atom is -0.493 e. The fraction of sp³-hybridized carbons (Fsp3) is 0.419. The van der Waals surface area contributed by atoms with Crippen molar-refractivity contribution in [2.24, 2.45) is 0 Å². The van der Waals surface area contributed by atoms with Gasteiger partial charge in [-0.25, -0.2) is 0 Å². The molecule has 0 N–H and O–H groups in total. The average molecular weight is 581 g/mol. The predicted octanol–water partition coefficient (Wildman–Crippen LogP) is 6.40. The van der Waals surface area contributed by atoms with Gasteiger partial charge in [0.15, 0.2) is 23.1 Å². The second-order valence-electron chi connectivity index (χ2n) is 10.2. The number of carbonyl (C=O) groups is 2. The van der Waals surface area contributed by atoms with E-state index in [1.807, 2.05) is 24.3 Å². The van der Waals surface area contributed by atoms with E-state index in [-0.39, 0.29) is 11.6 Å². The molecule has 0 amide bonds. The molecule has 38 heavy (non-hydrogen) atoms. The molecule has 2 aromatic carbocycles. The van der Waals surface area contributed by atoms with Crippen LogP contribution in [0.1, 0.15) is 61.1 Å². The van der Waals surface area contributed by atoms with Crippen LogP contribution in [-0.4, -0.2) is 43.8 Å². The largest absolute Gasteiger partial charge is 0.493 e. The van der Waals surface area contributed by atoms with Crippen LogP contribution in [0.2, 0.25) is 0 Å². The van der Waals surface area contributed by atoms with Crippen molar-refractivity contribution in [2.75, 3.05) is 27.4 Å². The van der Waals surface area contributed by atoms with Crippen molar-refractivity contribution < 1.29 is 23.8 Å². The molecule has 5 rings (SSSR count). The first-order chi connectivity index (χ1) is 18.4. The SMILES string of the molecule is COCCN1C2=C(C(=O)CCC2)C(c2cc(Br)c(OCc3cccc(C)c3)c(OC)c2)C2=C1CCCC2=O. The molecule has 0 unspecified atom stereocenters. The monoisotopic (exact) mass is 579 g/mol. The fourth-order valence-electron chi connectivity index (χ4n) is 6.01. The Kier molecular flexibility index (Phi) is 8.05. The molecule has 0 saturated carbocycles. The maximum absolute atomic E-state index is 13.5. The zero-order valence-corrected chi connectivity index (χ0v) is 23.9. The van der Waals surface area contributed by atoms with Gasteiger partial charge >= 0.3 is 0 Å². The summed E-state index contributed by atoms with van der Waals surface area (Å²) >= 11 is 3.71. The Morgan fingerprint density at radius 3 is 2.24 bits per heavy atom. The van der Waals surface area contributed by atoms with Crippen molar-refractivity contribution in [3.8, 4) is 11.5 Å². The molecule has 0 fully saturated rings. The number of aryl methyl sites for hydroxylation is 1. The summed E-state index contributed by atoms with van der Waals surface area (Å²) in [6.45, 7) is 3.63. The first-order valence-corrected chi connectivity index (χ1v) is 14.1. The molecule has 2 aliphatic carbocycles. The summed E-state index contributed by atoms with van der Waals surface area (Å²) in [6.07, 6.45) is 4.29. The summed E-state index contributed by atoms with van der Waals surface area (Å²) in [4.78, 5) is 29.2. The summed E-state index contributed by atoms with van der Waals surface area (Å²) in [6, 6.07) is 12.1. The number of ketones is 2. The van der Waals surface area contributed by atoms with Crippen LogP contribution in [-0.2, 0) is 20.9 Å². The first kappa shape index (κ1) is 26.7. The van der Waals surface area contributed by atoms with Crippen LogP contribution in [0.25, 0.3) is 0 Å². The third-order valence-electron chi connectivity index (χ3n) is 7.66. The van der Waals surface area contributed by atoms with Crippen molar-refractivity contribution in [1.29, 1.82) is 0 Å². The minimum atomic E-state index is -0.407. The van der Waals surface area contributed by atoms with Crippen LogP contribution in [0.15, 0.2) is 63.4 Å². The molecule has 0 bridgehead atoms. The number of ether oxygens (including phenoxy) is 3. The maximum Gasteiger partial charge on any atom is 0.175 e. The molecular weight excluding hydrogens is 546 g/mol. The van der Waals surface area contributed by atoms with Gasteiger partial charge in [-0.3, -0.25) is 9.59 Å². The summed E-state index contributed by atoms with van der Waals surface area (Å²) in [5.74, 6) is 1.01. The van der Waals surface area contributed by atoms with Crippen LogP contribution in [0, 0.1) is 6.92 Å². The van der Waals surface area contributed by atoms with Gasteiger partial charge in [-0.2, -0.15) is 0 Å². The molecule has 0 atom stereocenters. The molecule has 3 aliphatic rings. The molecule has 2 aromatic rings. The topological polar surface area (TPSA) is 65.1 Å². The molecule has 0 spiro atoms. The van der Waals surface area contributed by atoms with Crippen LogP contribution >= 0.6 is 15.9 Å². The predicted molar refractivity (Wildman–Crippen MR) is 149 cm³/mol. The lowest BCUT2D eigenvalue weighted by Gasteiger charge is -2.44. The van der Waals surface area contributed by atoms with E-state index < -0.39 is 5.92 Å². The minimum absolute atomic E-state index is 0.124. The number of benzene rings is 2. The Hall–Kier alpha value is -2.90. The Morgan fingerprint density at radius 2 is 1.63 bits per heavy atom. The molecule has 7 heteroatoms. The van der Waals surface area contributed by atoms with Gasteiger partial charge in [-0.1, -0.05) is 29.8 Å². The van der Waals surface area contributed by atoms with Gasteiger partial charge in [0, 0.05) is 55.0 Å². The number of rotatable bonds is 8. The summed E-state index contributed by atoms with van der Waals surface area (Å²) in [5, 5.41) is 0. The van der Waals surface area contributed by atoms with E-state index in [1.165, 1.54) is 5.56 Å². The van der Waals surface area contributed by atoms with E-state index in [4.69, 9.17) is 14.2 Å². The van der Waals surface area contributed by atoms with Crippen LogP contribution < -0.4 is 9.47 Å². The molecule has 0 aromatic heterocycles. The lowest BCUT2D eigenvalue weighted by molar-refractivity contribution is -0.117. The van der Waals surface area contributed by atoms with Gasteiger partial charge in [0.05, 0.1) is 18.2 Å². The Bertz CT molecular complexity index is 1280. The van der Waals surface area contributed by atoms with E-state index >= 15 is 0 Å². The molecular formula is C31H34BrNO5. The number of hydrogen-bond donors (Lipinski definition) is 0. The highest BCUT2D eigenvalue weighted by Crippen LogP contribution is 2.51. The molecule has 6 nitrogen and oxygen atoms in total. The van der Waals surface area contributed by atoms with Gasteiger partial charge in [0.1, 0.15) is 6.61 Å². The average Bonchev–Trinajstić information content (AvgIpc) is 2.90. The van der Waals surface area contributed by atoms with Crippen molar-refractivity contribution in [2.45, 2.75) is 58.0 Å². The number of Topliss-reactive ketones (excluding diaryl/α,β-unsaturated/α-hetero) is 2. The Morgan fingerprint density at radius 1 is 0.947 bits per heavy atom. The van der Waals surface area contributed by atoms with Crippen molar-refractivity contribution in [1.82, 2.24) is 4.90 Å². The first-order valence-electron chi connectivity index (χ1n) is 13.3. The van der Waals surface area contributed by atoms with Crippen molar-refractivity contribution >= 4 is 27.5 Å². The van der Waals surface area contributed by atoms with Crippen LogP contribution in [0.3, 0.4) is 0 Å². The second kappa shape index (κ2) is 11.5. The van der Waals surface area contributed by atoms with Crippen molar-refractivity contribution in [3.63, 3.8) is 0 Å². The maximum atomic E-state index is 13.5. The highest BCUT2D eigenvalue weighted by molar-refractivity contribution is 9.10. The third kappa shape index (κ3) is 5.06. The normalized spacial score (nSPS) is 18.1. The third-order valence-corrected chi connectivity index (χ3v) is 8.25. The number of halogens is 1. The smallest absolute Gasteiger partial charge is 0.175 e. The van der Waals surface area contributed by atoms with E-state index in [1.54, 1.807) is 14.2 Å². The Balaban J connectivity index is 1.59. The number of hydrogen-bond acceptors (Lipinski definition) is 6. The van der Waals surface area contributed by atoms with Gasteiger partial charge in [0.25, 0.3) is 0 Å². The fourth-order valence-corrected chi connectivity index (χ4v) is 6.58. The zero-order valence-electron chi connectivity index (χ0n) is 22.3. The van der Waals surface area contributed by atoms with E-state index in [0.717, 1.165) is 63.8 Å². The zero-order chi connectivity index (χ0) is 26.8. The standard InChI is InChI=1S/C31H34BrNO5/c1-19-7-4-8-20(15-19)18-38-31-22(32)16-21(17-27(31)37-3)28-29-23(9-5-11-25(29)34)33(13-14-36-2)24-10-6-12-26(35)30(24)28/h4,7-8,15-17,28H,5-6,9-14,18H2,1-3H3. The van der Waals surface area contributed by atoms with Crippen LogP contribution in [0.4, 0.5) is 0 Å². The number of allylic oxidation sites excluding steroid dienone is 4. The summed E-state index contributed by atoms with van der Waals surface area (Å²) in [7, 11) is 3.30. The summed E-state index contributed by atoms with van der Waals surface area (Å²) in [5.41, 5.74) is 6.71. The number of methoxy groups -OCH3 is 2. The lowest BCUT2D eigenvalue weighted by Crippen LogP contribution is -2.40. The molecule has 1 heterocycles. The van der Waals surface area contributed by atoms with E-state index in [9.17, 15) is 9.59 Å². The van der Waals surface area contributed by atoms with Crippen molar-refractivity contribution in [3.05, 3.63) is 80.1 Å². The van der Waals surface area contributed by atoms with Crippen LogP contribution in [0.5, 0.6) is 11.5 Å². The van der Waals surface area contributed by atoms with Gasteiger partial charge < -0.3 is 19.1 Å². The molecule has 1 aliphatic heterocycles. The van der Waals surface area contributed by atoms with Gasteiger partial charge in [-0.05, 0) is 71.8 Å². The number of nitrogens with zero attached hydrogens (tertiary/aromatic N) is 1. The van der Waals surface area contributed by atoms with E-state index in [0.29, 0.717) is 44.1 Å². The molecule has 0 saturated heterocycles. The second-order valence-corrected chi connectivity index (χ2v) is 11.0. The highest BCUT2D eigenvalue weighted by Gasteiger charge is 2.43. The van der Waals surface area contributed by atoms with Gasteiger partial charge in [0.2, 0.25) is 0 Å².